The summed E-state index contributed by atoms with van der Waals surface area (Å²) in [4.78, 5) is 14.9. The molecule has 0 unspecified atom stereocenters. The molecule has 0 N–H and O–H groups in total. The van der Waals surface area contributed by atoms with Crippen LogP contribution in [0.1, 0.15) is 11.3 Å². The number of methoxy groups -OCH3 is 1. The van der Waals surface area contributed by atoms with Gasteiger partial charge in [0.1, 0.15) is 0 Å². The summed E-state index contributed by atoms with van der Waals surface area (Å²) < 4.78 is 5.01. The fourth-order valence-corrected chi connectivity index (χ4v) is 1.93. The molecule has 0 spiro atoms. The molecule has 0 aliphatic heterocycles. The van der Waals surface area contributed by atoms with Crippen molar-refractivity contribution in [3.05, 3.63) is 39.6 Å². The van der Waals surface area contributed by atoms with Gasteiger partial charge in [0.25, 0.3) is 0 Å². The second-order valence-electron chi connectivity index (χ2n) is 3.85. The molecule has 17 heavy (non-hydrogen) atoms. The summed E-state index contributed by atoms with van der Waals surface area (Å²) in [5.74, 6) is 0.236. The lowest BCUT2D eigenvalue weighted by molar-refractivity contribution is -0.384. The fraction of sp³-hybridized carbons (Fsp3) is 0.250. The van der Waals surface area contributed by atoms with Crippen molar-refractivity contribution in [2.45, 2.75) is 13.8 Å². The van der Waals surface area contributed by atoms with E-state index in [1.54, 1.807) is 12.1 Å². The van der Waals surface area contributed by atoms with Crippen LogP contribution in [0.15, 0.2) is 18.2 Å². The smallest absolute Gasteiger partial charge is 0.336 e. The summed E-state index contributed by atoms with van der Waals surface area (Å²) >= 11 is 0. The minimum Gasteiger partial charge on any atom is -0.490 e. The molecule has 2 aromatic rings. The predicted octanol–water partition coefficient (Wildman–Crippen LogP) is 2.77. The van der Waals surface area contributed by atoms with Crippen LogP contribution in [-0.4, -0.2) is 17.0 Å². The van der Waals surface area contributed by atoms with Crippen molar-refractivity contribution < 1.29 is 9.66 Å². The number of benzene rings is 1. The molecular formula is C12H12N2O3. The normalized spacial score (nSPS) is 10.5. The quantitative estimate of drug-likeness (QED) is 0.589. The molecule has 0 amide bonds. The number of nitro groups is 1. The maximum Gasteiger partial charge on any atom is 0.336 e. The van der Waals surface area contributed by atoms with E-state index in [0.717, 1.165) is 16.6 Å². The summed E-state index contributed by atoms with van der Waals surface area (Å²) in [5.41, 5.74) is 2.04. The van der Waals surface area contributed by atoms with E-state index in [-0.39, 0.29) is 11.4 Å². The van der Waals surface area contributed by atoms with Gasteiger partial charge in [-0.1, -0.05) is 0 Å². The van der Waals surface area contributed by atoms with Crippen molar-refractivity contribution in [2.75, 3.05) is 7.11 Å². The number of aromatic nitrogens is 1. The third kappa shape index (κ3) is 1.80. The van der Waals surface area contributed by atoms with Crippen molar-refractivity contribution in [3.63, 3.8) is 0 Å². The Morgan fingerprint density at radius 1 is 1.35 bits per heavy atom. The van der Waals surface area contributed by atoms with Gasteiger partial charge in [-0.3, -0.25) is 10.1 Å². The lowest BCUT2D eigenvalue weighted by atomic mass is 10.1. The summed E-state index contributed by atoms with van der Waals surface area (Å²) in [7, 11) is 1.41. The number of fused-ring (bicyclic) bond motifs is 1. The summed E-state index contributed by atoms with van der Waals surface area (Å²) in [5, 5.41) is 11.9. The van der Waals surface area contributed by atoms with Crippen LogP contribution in [0.5, 0.6) is 5.75 Å². The number of hydrogen-bond acceptors (Lipinski definition) is 4. The number of nitro benzene ring substituents is 1. The zero-order valence-electron chi connectivity index (χ0n) is 9.85. The van der Waals surface area contributed by atoms with Crippen LogP contribution in [0, 0.1) is 24.0 Å². The minimum atomic E-state index is -0.451. The van der Waals surface area contributed by atoms with Gasteiger partial charge in [0.05, 0.1) is 12.0 Å². The third-order valence-corrected chi connectivity index (χ3v) is 2.66. The first-order valence-corrected chi connectivity index (χ1v) is 5.14. The Morgan fingerprint density at radius 3 is 2.65 bits per heavy atom. The Balaban J connectivity index is 2.93. The molecule has 0 saturated heterocycles. The van der Waals surface area contributed by atoms with Crippen molar-refractivity contribution in [3.8, 4) is 5.75 Å². The molecule has 0 atom stereocenters. The Morgan fingerprint density at radius 2 is 2.06 bits per heavy atom. The molecule has 2 rings (SSSR count). The molecule has 0 bridgehead atoms. The van der Waals surface area contributed by atoms with Crippen molar-refractivity contribution in [1.29, 1.82) is 0 Å². The lowest BCUT2D eigenvalue weighted by Crippen LogP contribution is -1.98. The maximum atomic E-state index is 11.1. The van der Waals surface area contributed by atoms with Crippen LogP contribution in [0.2, 0.25) is 0 Å². The van der Waals surface area contributed by atoms with Gasteiger partial charge in [0.2, 0.25) is 0 Å². The Bertz CT molecular complexity index is 608. The lowest BCUT2D eigenvalue weighted by Gasteiger charge is -2.07. The van der Waals surface area contributed by atoms with Gasteiger partial charge in [0, 0.05) is 11.1 Å². The number of nitrogens with zero attached hydrogens (tertiary/aromatic N) is 2. The maximum absolute atomic E-state index is 11.1. The molecule has 0 radical (unpaired) electrons. The first kappa shape index (κ1) is 11.3. The van der Waals surface area contributed by atoms with Gasteiger partial charge in [-0.05, 0) is 37.6 Å². The second-order valence-corrected chi connectivity index (χ2v) is 3.85. The molecule has 1 aromatic heterocycles. The molecular weight excluding hydrogens is 220 g/mol. The highest BCUT2D eigenvalue weighted by Gasteiger charge is 2.21. The zero-order chi connectivity index (χ0) is 12.6. The van der Waals surface area contributed by atoms with Crippen LogP contribution < -0.4 is 4.74 Å². The number of pyridine rings is 1. The van der Waals surface area contributed by atoms with Gasteiger partial charge in [0.15, 0.2) is 11.3 Å². The van der Waals surface area contributed by atoms with E-state index in [1.165, 1.54) is 7.11 Å². The number of hydrogen-bond donors (Lipinski definition) is 0. The van der Waals surface area contributed by atoms with E-state index < -0.39 is 4.92 Å². The first-order chi connectivity index (χ1) is 8.04. The van der Waals surface area contributed by atoms with E-state index in [4.69, 9.17) is 4.74 Å². The van der Waals surface area contributed by atoms with Crippen LogP contribution in [-0.2, 0) is 0 Å². The van der Waals surface area contributed by atoms with Gasteiger partial charge in [-0.25, -0.2) is 4.98 Å². The fourth-order valence-electron chi connectivity index (χ4n) is 1.93. The monoisotopic (exact) mass is 232 g/mol. The molecule has 5 nitrogen and oxygen atoms in total. The molecule has 0 aliphatic carbocycles. The predicted molar refractivity (Wildman–Crippen MR) is 64.4 cm³/mol. The SMILES string of the molecule is COc1ccc2c(C)cc(C)nc2c1[N+](=O)[O-]. The molecule has 0 fully saturated rings. The summed E-state index contributed by atoms with van der Waals surface area (Å²) in [6.07, 6.45) is 0. The van der Waals surface area contributed by atoms with Gasteiger partial charge in [-0.2, -0.15) is 0 Å². The highest BCUT2D eigenvalue weighted by atomic mass is 16.6. The number of rotatable bonds is 2. The molecule has 88 valence electrons. The average Bonchev–Trinajstić information content (AvgIpc) is 2.26. The minimum absolute atomic E-state index is 0.0724. The molecule has 0 aliphatic rings. The zero-order valence-corrected chi connectivity index (χ0v) is 9.85. The van der Waals surface area contributed by atoms with E-state index in [0.29, 0.717) is 5.52 Å². The van der Waals surface area contributed by atoms with E-state index in [2.05, 4.69) is 4.98 Å². The van der Waals surface area contributed by atoms with Crippen LogP contribution in [0.4, 0.5) is 5.69 Å². The molecule has 1 aromatic carbocycles. The van der Waals surface area contributed by atoms with E-state index in [9.17, 15) is 10.1 Å². The first-order valence-electron chi connectivity index (χ1n) is 5.14. The topological polar surface area (TPSA) is 65.3 Å². The van der Waals surface area contributed by atoms with Crippen molar-refractivity contribution in [1.82, 2.24) is 4.98 Å². The van der Waals surface area contributed by atoms with Crippen molar-refractivity contribution >= 4 is 16.6 Å². The third-order valence-electron chi connectivity index (χ3n) is 2.66. The highest BCUT2D eigenvalue weighted by Crippen LogP contribution is 2.35. The highest BCUT2D eigenvalue weighted by molar-refractivity contribution is 5.92. The van der Waals surface area contributed by atoms with Gasteiger partial charge >= 0.3 is 5.69 Å². The second kappa shape index (κ2) is 4.01. The summed E-state index contributed by atoms with van der Waals surface area (Å²) in [6, 6.07) is 5.30. The Kier molecular flexibility index (Phi) is 2.67. The van der Waals surface area contributed by atoms with Crippen LogP contribution >= 0.6 is 0 Å². The van der Waals surface area contributed by atoms with Crippen molar-refractivity contribution in [2.24, 2.45) is 0 Å². The van der Waals surface area contributed by atoms with E-state index in [1.807, 2.05) is 19.9 Å². The molecule has 1 heterocycles. The largest absolute Gasteiger partial charge is 0.490 e. The van der Waals surface area contributed by atoms with E-state index >= 15 is 0 Å². The van der Waals surface area contributed by atoms with Crippen LogP contribution in [0.3, 0.4) is 0 Å². The summed E-state index contributed by atoms with van der Waals surface area (Å²) in [6.45, 7) is 3.73. The molecule has 5 heteroatoms. The average molecular weight is 232 g/mol. The standard InChI is InChI=1S/C12H12N2O3/c1-7-6-8(2)13-11-9(7)4-5-10(17-3)12(11)14(15)16/h4-6H,1-3H3. The Labute approximate surface area is 98.2 Å². The number of ether oxygens (including phenoxy) is 1. The Hall–Kier alpha value is -2.17. The molecule has 0 saturated carbocycles. The van der Waals surface area contributed by atoms with Gasteiger partial charge < -0.3 is 4.74 Å². The van der Waals surface area contributed by atoms with Gasteiger partial charge in [-0.15, -0.1) is 0 Å². The number of aryl methyl sites for hydroxylation is 2. The van der Waals surface area contributed by atoms with Crippen LogP contribution in [0.25, 0.3) is 10.9 Å².